The molecule has 3 rings (SSSR count). The lowest BCUT2D eigenvalue weighted by Crippen LogP contribution is -2.44. The van der Waals surface area contributed by atoms with Gasteiger partial charge in [0.2, 0.25) is 5.91 Å². The molecular formula is C12H13NO3. The summed E-state index contributed by atoms with van der Waals surface area (Å²) in [4.78, 5) is 11.1. The zero-order valence-corrected chi connectivity index (χ0v) is 8.86. The van der Waals surface area contributed by atoms with Gasteiger partial charge in [0.05, 0.1) is 13.2 Å². The van der Waals surface area contributed by atoms with E-state index < -0.39 is 5.91 Å². The van der Waals surface area contributed by atoms with E-state index >= 15 is 0 Å². The topological polar surface area (TPSA) is 61.6 Å². The third-order valence-electron chi connectivity index (χ3n) is 3.40. The quantitative estimate of drug-likeness (QED) is 0.771. The van der Waals surface area contributed by atoms with Crippen molar-refractivity contribution in [1.29, 1.82) is 0 Å². The molecule has 2 aliphatic rings. The van der Waals surface area contributed by atoms with E-state index in [1.54, 1.807) is 18.2 Å². The molecule has 1 atom stereocenters. The number of primary amides is 1. The molecule has 1 aromatic carbocycles. The first-order valence-electron chi connectivity index (χ1n) is 5.42. The van der Waals surface area contributed by atoms with E-state index in [0.717, 1.165) is 30.8 Å². The number of hydrogen-bond acceptors (Lipinski definition) is 3. The summed E-state index contributed by atoms with van der Waals surface area (Å²) < 4.78 is 11.2. The summed E-state index contributed by atoms with van der Waals surface area (Å²) in [6.45, 7) is 1.45. The van der Waals surface area contributed by atoms with Crippen LogP contribution in [-0.4, -0.2) is 19.1 Å². The standard InChI is InChI=1S/C12H13NO3/c13-11(14)8-1-2-10-9(7-8)12(3-5-15-10)4-6-16-12/h1-2,7H,3-6H2,(H2,13,14). The Morgan fingerprint density at radius 1 is 1.31 bits per heavy atom. The minimum atomic E-state index is -0.414. The number of carbonyl (C=O) groups excluding carboxylic acids is 1. The molecule has 1 aromatic rings. The van der Waals surface area contributed by atoms with Crippen molar-refractivity contribution in [3.63, 3.8) is 0 Å². The maximum absolute atomic E-state index is 11.1. The molecule has 0 aliphatic carbocycles. The van der Waals surface area contributed by atoms with Gasteiger partial charge >= 0.3 is 0 Å². The van der Waals surface area contributed by atoms with Crippen LogP contribution in [0.15, 0.2) is 18.2 Å². The fraction of sp³-hybridized carbons (Fsp3) is 0.417. The second-order valence-electron chi connectivity index (χ2n) is 4.27. The van der Waals surface area contributed by atoms with Crippen LogP contribution in [0.5, 0.6) is 5.75 Å². The monoisotopic (exact) mass is 219 g/mol. The van der Waals surface area contributed by atoms with Crippen LogP contribution in [0.4, 0.5) is 0 Å². The van der Waals surface area contributed by atoms with Gasteiger partial charge in [-0.25, -0.2) is 0 Å². The Labute approximate surface area is 93.3 Å². The molecule has 1 fully saturated rings. The van der Waals surface area contributed by atoms with Crippen LogP contribution in [-0.2, 0) is 10.3 Å². The molecule has 16 heavy (non-hydrogen) atoms. The van der Waals surface area contributed by atoms with Crippen LogP contribution in [0.3, 0.4) is 0 Å². The highest BCUT2D eigenvalue weighted by Gasteiger charge is 2.44. The molecule has 2 heterocycles. The summed E-state index contributed by atoms with van der Waals surface area (Å²) in [5.41, 5.74) is 6.54. The first-order valence-corrected chi connectivity index (χ1v) is 5.42. The highest BCUT2D eigenvalue weighted by molar-refractivity contribution is 5.93. The van der Waals surface area contributed by atoms with Crippen molar-refractivity contribution in [3.8, 4) is 5.75 Å². The smallest absolute Gasteiger partial charge is 0.248 e. The molecular weight excluding hydrogens is 206 g/mol. The van der Waals surface area contributed by atoms with Crippen molar-refractivity contribution in [2.24, 2.45) is 5.73 Å². The van der Waals surface area contributed by atoms with E-state index in [1.807, 2.05) is 0 Å². The fourth-order valence-corrected chi connectivity index (χ4v) is 2.38. The van der Waals surface area contributed by atoms with Gasteiger partial charge in [0.15, 0.2) is 0 Å². The molecule has 0 saturated carbocycles. The molecule has 84 valence electrons. The van der Waals surface area contributed by atoms with Gasteiger partial charge in [0, 0.05) is 24.0 Å². The predicted molar refractivity (Wildman–Crippen MR) is 57.3 cm³/mol. The average Bonchev–Trinajstić information content (AvgIpc) is 2.25. The first kappa shape index (κ1) is 9.66. The summed E-state index contributed by atoms with van der Waals surface area (Å²) >= 11 is 0. The van der Waals surface area contributed by atoms with Gasteiger partial charge in [-0.15, -0.1) is 0 Å². The first-order chi connectivity index (χ1) is 7.71. The van der Waals surface area contributed by atoms with E-state index in [0.29, 0.717) is 12.2 Å². The van der Waals surface area contributed by atoms with Crippen LogP contribution in [0.1, 0.15) is 28.8 Å². The SMILES string of the molecule is NC(=O)c1ccc2c(c1)C1(CCO2)CCO1. The maximum Gasteiger partial charge on any atom is 0.248 e. The summed E-state index contributed by atoms with van der Waals surface area (Å²) in [6, 6.07) is 5.30. The van der Waals surface area contributed by atoms with Crippen LogP contribution in [0.2, 0.25) is 0 Å². The van der Waals surface area contributed by atoms with Crippen LogP contribution < -0.4 is 10.5 Å². The lowest BCUT2D eigenvalue weighted by Gasteiger charge is -2.45. The summed E-state index contributed by atoms with van der Waals surface area (Å²) in [6.07, 6.45) is 1.84. The number of nitrogens with two attached hydrogens (primary N) is 1. The molecule has 1 spiro atoms. The largest absolute Gasteiger partial charge is 0.493 e. The maximum atomic E-state index is 11.1. The van der Waals surface area contributed by atoms with Crippen LogP contribution in [0, 0.1) is 0 Å². The number of ether oxygens (including phenoxy) is 2. The molecule has 2 aliphatic heterocycles. The Bertz CT molecular complexity index is 452. The van der Waals surface area contributed by atoms with Crippen molar-refractivity contribution >= 4 is 5.91 Å². The third-order valence-corrected chi connectivity index (χ3v) is 3.40. The Kier molecular flexibility index (Phi) is 1.94. The Morgan fingerprint density at radius 3 is 2.75 bits per heavy atom. The van der Waals surface area contributed by atoms with Gasteiger partial charge < -0.3 is 15.2 Å². The molecule has 1 amide bonds. The highest BCUT2D eigenvalue weighted by Crippen LogP contribution is 2.47. The van der Waals surface area contributed by atoms with E-state index in [9.17, 15) is 4.79 Å². The van der Waals surface area contributed by atoms with Crippen molar-refractivity contribution in [1.82, 2.24) is 0 Å². The van der Waals surface area contributed by atoms with Crippen molar-refractivity contribution < 1.29 is 14.3 Å². The zero-order valence-electron chi connectivity index (χ0n) is 8.86. The number of carbonyl (C=O) groups is 1. The highest BCUT2D eigenvalue weighted by atomic mass is 16.5. The van der Waals surface area contributed by atoms with E-state index in [2.05, 4.69) is 0 Å². The van der Waals surface area contributed by atoms with Gasteiger partial charge in [-0.3, -0.25) is 4.79 Å². The second-order valence-corrected chi connectivity index (χ2v) is 4.27. The number of hydrogen-bond donors (Lipinski definition) is 1. The fourth-order valence-electron chi connectivity index (χ4n) is 2.38. The summed E-state index contributed by atoms with van der Waals surface area (Å²) in [5, 5.41) is 0. The number of fused-ring (bicyclic) bond motifs is 2. The Hall–Kier alpha value is -1.55. The van der Waals surface area contributed by atoms with Gasteiger partial charge in [-0.1, -0.05) is 0 Å². The number of rotatable bonds is 1. The van der Waals surface area contributed by atoms with Crippen molar-refractivity contribution in [2.75, 3.05) is 13.2 Å². The van der Waals surface area contributed by atoms with E-state index in [-0.39, 0.29) is 5.60 Å². The minimum absolute atomic E-state index is 0.223. The van der Waals surface area contributed by atoms with Gasteiger partial charge in [-0.05, 0) is 18.2 Å². The Morgan fingerprint density at radius 2 is 2.12 bits per heavy atom. The van der Waals surface area contributed by atoms with E-state index in [4.69, 9.17) is 15.2 Å². The predicted octanol–water partition coefficient (Wildman–Crippen LogP) is 1.18. The van der Waals surface area contributed by atoms with Crippen molar-refractivity contribution in [3.05, 3.63) is 29.3 Å². The van der Waals surface area contributed by atoms with Gasteiger partial charge in [-0.2, -0.15) is 0 Å². The molecule has 0 bridgehead atoms. The number of amides is 1. The normalized spacial score (nSPS) is 26.8. The third kappa shape index (κ3) is 1.23. The summed E-state index contributed by atoms with van der Waals surface area (Å²) in [7, 11) is 0. The van der Waals surface area contributed by atoms with Gasteiger partial charge in [0.1, 0.15) is 11.4 Å². The van der Waals surface area contributed by atoms with Gasteiger partial charge in [0.25, 0.3) is 0 Å². The minimum Gasteiger partial charge on any atom is -0.493 e. The lowest BCUT2D eigenvalue weighted by molar-refractivity contribution is -0.170. The molecule has 1 saturated heterocycles. The van der Waals surface area contributed by atoms with Crippen LogP contribution >= 0.6 is 0 Å². The van der Waals surface area contributed by atoms with Crippen molar-refractivity contribution in [2.45, 2.75) is 18.4 Å². The number of benzene rings is 1. The zero-order chi connectivity index (χ0) is 11.2. The lowest BCUT2D eigenvalue weighted by atomic mass is 9.81. The molecule has 2 N–H and O–H groups in total. The Balaban J connectivity index is 2.10. The van der Waals surface area contributed by atoms with E-state index in [1.165, 1.54) is 0 Å². The average molecular weight is 219 g/mol. The second kappa shape index (κ2) is 3.22. The molecule has 4 nitrogen and oxygen atoms in total. The molecule has 0 aromatic heterocycles. The molecule has 0 radical (unpaired) electrons. The molecule has 1 unspecified atom stereocenters. The van der Waals surface area contributed by atoms with Crippen LogP contribution in [0.25, 0.3) is 0 Å². The summed E-state index contributed by atoms with van der Waals surface area (Å²) in [5.74, 6) is 0.402. The molecule has 4 heteroatoms.